The monoisotopic (exact) mass is 376 g/mol. The van der Waals surface area contributed by atoms with Crippen LogP contribution < -0.4 is 5.32 Å². The molecule has 3 aromatic heterocycles. The number of alkyl halides is 3. The van der Waals surface area contributed by atoms with Gasteiger partial charge in [0.25, 0.3) is 0 Å². The molecule has 0 saturated heterocycles. The van der Waals surface area contributed by atoms with E-state index in [1.54, 1.807) is 11.3 Å². The molecule has 3 rings (SSSR count). The van der Waals surface area contributed by atoms with Crippen LogP contribution in [0.4, 0.5) is 19.0 Å². The van der Waals surface area contributed by atoms with E-state index in [9.17, 15) is 13.2 Å². The molecule has 3 aromatic rings. The number of halogens is 4. The summed E-state index contributed by atoms with van der Waals surface area (Å²) in [6, 6.07) is 4.83. The molecule has 9 heteroatoms. The van der Waals surface area contributed by atoms with Gasteiger partial charge in [-0.15, -0.1) is 11.3 Å². The quantitative estimate of drug-likeness (QED) is 0.745. The Morgan fingerprint density at radius 3 is 2.81 bits per heavy atom. The lowest BCUT2D eigenvalue weighted by molar-refractivity contribution is -0.141. The zero-order valence-electron chi connectivity index (χ0n) is 10.4. The summed E-state index contributed by atoms with van der Waals surface area (Å²) in [5.74, 6) is 0.366. The number of nitrogens with one attached hydrogen (secondary N) is 1. The Kier molecular flexibility index (Phi) is 3.62. The van der Waals surface area contributed by atoms with Crippen molar-refractivity contribution < 1.29 is 13.2 Å². The summed E-state index contributed by atoms with van der Waals surface area (Å²) < 4.78 is 40.2. The minimum atomic E-state index is -4.47. The normalized spacial score (nSPS) is 12.0. The minimum Gasteiger partial charge on any atom is -0.363 e. The van der Waals surface area contributed by atoms with Crippen LogP contribution in [0.15, 0.2) is 34.4 Å². The molecule has 3 heterocycles. The van der Waals surface area contributed by atoms with Gasteiger partial charge in [0, 0.05) is 23.3 Å². The smallest absolute Gasteiger partial charge is 0.363 e. The molecule has 0 aliphatic rings. The molecule has 4 nitrogen and oxygen atoms in total. The lowest BCUT2D eigenvalue weighted by Gasteiger charge is -2.04. The highest BCUT2D eigenvalue weighted by Crippen LogP contribution is 2.30. The van der Waals surface area contributed by atoms with E-state index in [0.29, 0.717) is 17.9 Å². The molecule has 0 unspecified atom stereocenters. The molecule has 21 heavy (non-hydrogen) atoms. The zero-order valence-corrected chi connectivity index (χ0v) is 12.8. The maximum Gasteiger partial charge on any atom is 0.435 e. The van der Waals surface area contributed by atoms with Crippen molar-refractivity contribution in [1.82, 2.24) is 14.6 Å². The lowest BCUT2D eigenvalue weighted by atomic mass is 10.3. The number of fused-ring (bicyclic) bond motifs is 1. The third kappa shape index (κ3) is 3.03. The summed E-state index contributed by atoms with van der Waals surface area (Å²) in [6.07, 6.45) is -1.67. The third-order valence-electron chi connectivity index (χ3n) is 2.74. The Hall–Kier alpha value is -1.61. The summed E-state index contributed by atoms with van der Waals surface area (Å²) in [4.78, 5) is 5.12. The van der Waals surface area contributed by atoms with Crippen molar-refractivity contribution in [2.24, 2.45) is 0 Å². The molecule has 0 bridgehead atoms. The largest absolute Gasteiger partial charge is 0.435 e. The number of aromatic nitrogens is 3. The SMILES string of the molecule is FC(F)(F)c1cc2c(NCc3ccc(Br)s3)nccn2n1. The Labute approximate surface area is 129 Å². The van der Waals surface area contributed by atoms with Crippen molar-refractivity contribution in [2.75, 3.05) is 5.32 Å². The van der Waals surface area contributed by atoms with Crippen molar-refractivity contribution >= 4 is 38.6 Å². The first-order valence-electron chi connectivity index (χ1n) is 5.83. The zero-order chi connectivity index (χ0) is 15.0. The number of nitrogens with zero attached hydrogens (tertiary/aromatic N) is 3. The molecule has 0 radical (unpaired) electrons. The molecule has 1 N–H and O–H groups in total. The van der Waals surface area contributed by atoms with Crippen molar-refractivity contribution in [3.05, 3.63) is 45.0 Å². The number of thiophene rings is 1. The first kappa shape index (κ1) is 14.3. The summed E-state index contributed by atoms with van der Waals surface area (Å²) in [7, 11) is 0. The van der Waals surface area contributed by atoms with Gasteiger partial charge in [-0.25, -0.2) is 9.50 Å². The average Bonchev–Trinajstić information content (AvgIpc) is 3.01. The number of rotatable bonds is 3. The number of hydrogen-bond donors (Lipinski definition) is 1. The molecule has 0 aromatic carbocycles. The topological polar surface area (TPSA) is 42.2 Å². The van der Waals surface area contributed by atoms with Crippen molar-refractivity contribution in [2.45, 2.75) is 12.7 Å². The number of hydrogen-bond acceptors (Lipinski definition) is 4. The molecule has 0 amide bonds. The van der Waals surface area contributed by atoms with Gasteiger partial charge >= 0.3 is 6.18 Å². The molecule has 0 saturated carbocycles. The van der Waals surface area contributed by atoms with Gasteiger partial charge < -0.3 is 5.32 Å². The summed E-state index contributed by atoms with van der Waals surface area (Å²) >= 11 is 4.91. The Balaban J connectivity index is 1.89. The fourth-order valence-corrected chi connectivity index (χ4v) is 3.24. The second kappa shape index (κ2) is 5.30. The van der Waals surface area contributed by atoms with Gasteiger partial charge in [0.1, 0.15) is 5.52 Å². The van der Waals surface area contributed by atoms with Gasteiger partial charge in [-0.3, -0.25) is 0 Å². The van der Waals surface area contributed by atoms with Gasteiger partial charge in [-0.1, -0.05) is 0 Å². The number of anilines is 1. The van der Waals surface area contributed by atoms with Gasteiger partial charge in [-0.2, -0.15) is 18.3 Å². The fourth-order valence-electron chi connectivity index (χ4n) is 1.81. The summed E-state index contributed by atoms with van der Waals surface area (Å²) in [5, 5.41) is 6.54. The molecular weight excluding hydrogens is 369 g/mol. The van der Waals surface area contributed by atoms with E-state index in [1.807, 2.05) is 12.1 Å². The van der Waals surface area contributed by atoms with Gasteiger partial charge in [0.15, 0.2) is 11.5 Å². The third-order valence-corrected chi connectivity index (χ3v) is 4.36. The van der Waals surface area contributed by atoms with Crippen molar-refractivity contribution in [1.29, 1.82) is 0 Å². The van der Waals surface area contributed by atoms with Gasteiger partial charge in [0.05, 0.1) is 10.3 Å². The standard InChI is InChI=1S/C12H8BrF3N4S/c13-10-2-1-7(21-10)6-18-11-8-5-9(12(14,15)16)19-20(8)4-3-17-11/h1-5H,6H2,(H,17,18). The molecule has 0 aliphatic heterocycles. The van der Waals surface area contributed by atoms with Crippen LogP contribution in [0.2, 0.25) is 0 Å². The van der Waals surface area contributed by atoms with Crippen LogP contribution in [0.3, 0.4) is 0 Å². The van der Waals surface area contributed by atoms with Gasteiger partial charge in [-0.05, 0) is 28.1 Å². The lowest BCUT2D eigenvalue weighted by Crippen LogP contribution is -2.05. The van der Waals surface area contributed by atoms with Crippen LogP contribution in [-0.2, 0) is 12.7 Å². The van der Waals surface area contributed by atoms with Crippen molar-refractivity contribution in [3.63, 3.8) is 0 Å². The maximum absolute atomic E-state index is 12.7. The van der Waals surface area contributed by atoms with E-state index in [2.05, 4.69) is 31.3 Å². The fraction of sp³-hybridized carbons (Fsp3) is 0.167. The van der Waals surface area contributed by atoms with E-state index in [0.717, 1.165) is 14.7 Å². The van der Waals surface area contributed by atoms with Crippen LogP contribution >= 0.6 is 27.3 Å². The summed E-state index contributed by atoms with van der Waals surface area (Å²) in [5.41, 5.74) is -0.641. The van der Waals surface area contributed by atoms with E-state index in [1.165, 1.54) is 16.9 Å². The molecule has 0 fully saturated rings. The molecular formula is C12H8BrF3N4S. The average molecular weight is 377 g/mol. The first-order chi connectivity index (χ1) is 9.93. The van der Waals surface area contributed by atoms with Crippen LogP contribution in [0.1, 0.15) is 10.6 Å². The van der Waals surface area contributed by atoms with E-state index < -0.39 is 11.9 Å². The highest BCUT2D eigenvalue weighted by atomic mass is 79.9. The molecule has 0 aliphatic carbocycles. The van der Waals surface area contributed by atoms with Crippen molar-refractivity contribution in [3.8, 4) is 0 Å². The van der Waals surface area contributed by atoms with Crippen LogP contribution in [0.5, 0.6) is 0 Å². The highest BCUT2D eigenvalue weighted by molar-refractivity contribution is 9.11. The van der Waals surface area contributed by atoms with Crippen LogP contribution in [0, 0.1) is 0 Å². The van der Waals surface area contributed by atoms with Crippen LogP contribution in [-0.4, -0.2) is 14.6 Å². The molecule has 0 spiro atoms. The Morgan fingerprint density at radius 1 is 1.33 bits per heavy atom. The van der Waals surface area contributed by atoms with E-state index in [-0.39, 0.29) is 0 Å². The predicted octanol–water partition coefficient (Wildman–Crippen LogP) is 4.18. The van der Waals surface area contributed by atoms with E-state index >= 15 is 0 Å². The van der Waals surface area contributed by atoms with E-state index in [4.69, 9.17) is 0 Å². The maximum atomic E-state index is 12.7. The minimum absolute atomic E-state index is 0.292. The Bertz CT molecular complexity index is 780. The van der Waals surface area contributed by atoms with Crippen LogP contribution in [0.25, 0.3) is 5.52 Å². The Morgan fingerprint density at radius 2 is 2.14 bits per heavy atom. The predicted molar refractivity (Wildman–Crippen MR) is 77.3 cm³/mol. The molecule has 0 atom stereocenters. The van der Waals surface area contributed by atoms with Gasteiger partial charge in [0.2, 0.25) is 0 Å². The summed E-state index contributed by atoms with van der Waals surface area (Å²) in [6.45, 7) is 0.482. The second-order valence-electron chi connectivity index (χ2n) is 4.19. The highest BCUT2D eigenvalue weighted by Gasteiger charge is 2.34. The molecule has 110 valence electrons. The first-order valence-corrected chi connectivity index (χ1v) is 7.44. The second-order valence-corrected chi connectivity index (χ2v) is 6.74.